The van der Waals surface area contributed by atoms with E-state index in [-0.39, 0.29) is 12.5 Å². The topological polar surface area (TPSA) is 75.7 Å². The largest absolute Gasteiger partial charge is 0.487 e. The Hall–Kier alpha value is -3.32. The molecule has 0 saturated carbocycles. The average Bonchev–Trinajstić information content (AvgIpc) is 2.73. The highest BCUT2D eigenvalue weighted by atomic mass is 32.2. The second-order valence-corrected chi connectivity index (χ2v) is 9.41. The Labute approximate surface area is 183 Å². The quantitative estimate of drug-likeness (QED) is 0.588. The van der Waals surface area contributed by atoms with E-state index in [4.69, 9.17) is 4.74 Å². The first-order valence-electron chi connectivity index (χ1n) is 9.79. The molecular weight excluding hydrogens is 412 g/mol. The van der Waals surface area contributed by atoms with Crippen LogP contribution in [0.1, 0.15) is 27.0 Å². The number of nitrogens with one attached hydrogen (secondary N) is 1. The molecule has 0 bridgehead atoms. The Morgan fingerprint density at radius 2 is 1.61 bits per heavy atom. The zero-order valence-electron chi connectivity index (χ0n) is 18.0. The Balaban J connectivity index is 1.93. The molecule has 0 fully saturated rings. The highest BCUT2D eigenvalue weighted by Gasteiger charge is 2.18. The van der Waals surface area contributed by atoms with Crippen molar-refractivity contribution in [2.75, 3.05) is 22.9 Å². The standard InChI is InChI=1S/C24H26N2O4S/c1-17-9-8-10-18(2)21(17)16-30-23-15-20(13-14-22(23)26(3)31(4,28)29)25-24(27)19-11-6-5-7-12-19/h5-15H,16H2,1-4H3,(H,25,27). The van der Waals surface area contributed by atoms with E-state index >= 15 is 0 Å². The summed E-state index contributed by atoms with van der Waals surface area (Å²) in [6.07, 6.45) is 1.13. The lowest BCUT2D eigenvalue weighted by atomic mass is 10.0. The first-order valence-corrected chi connectivity index (χ1v) is 11.6. The van der Waals surface area contributed by atoms with Crippen molar-refractivity contribution in [3.63, 3.8) is 0 Å². The number of sulfonamides is 1. The van der Waals surface area contributed by atoms with Crippen LogP contribution in [-0.4, -0.2) is 27.6 Å². The number of amides is 1. The van der Waals surface area contributed by atoms with Crippen molar-refractivity contribution in [3.8, 4) is 5.75 Å². The smallest absolute Gasteiger partial charge is 0.255 e. The van der Waals surface area contributed by atoms with Gasteiger partial charge in [-0.3, -0.25) is 9.10 Å². The van der Waals surface area contributed by atoms with Gasteiger partial charge < -0.3 is 10.1 Å². The zero-order valence-corrected chi connectivity index (χ0v) is 18.9. The third-order valence-electron chi connectivity index (χ3n) is 5.11. The number of hydrogen-bond acceptors (Lipinski definition) is 4. The van der Waals surface area contributed by atoms with Gasteiger partial charge in [-0.25, -0.2) is 8.42 Å². The van der Waals surface area contributed by atoms with Gasteiger partial charge in [-0.1, -0.05) is 36.4 Å². The lowest BCUT2D eigenvalue weighted by molar-refractivity contribution is 0.102. The van der Waals surface area contributed by atoms with Gasteiger partial charge in [0.05, 0.1) is 11.9 Å². The molecule has 0 aromatic heterocycles. The van der Waals surface area contributed by atoms with Crippen LogP contribution in [0.5, 0.6) is 5.75 Å². The third-order valence-corrected chi connectivity index (χ3v) is 6.30. The van der Waals surface area contributed by atoms with Crippen LogP contribution in [0.15, 0.2) is 66.7 Å². The fourth-order valence-corrected chi connectivity index (χ4v) is 3.67. The molecule has 7 heteroatoms. The molecule has 0 radical (unpaired) electrons. The van der Waals surface area contributed by atoms with Crippen LogP contribution in [-0.2, 0) is 16.6 Å². The van der Waals surface area contributed by atoms with Gasteiger partial charge in [-0.15, -0.1) is 0 Å². The summed E-state index contributed by atoms with van der Waals surface area (Å²) in [7, 11) is -2.02. The van der Waals surface area contributed by atoms with E-state index in [1.165, 1.54) is 7.05 Å². The second kappa shape index (κ2) is 9.22. The van der Waals surface area contributed by atoms with Gasteiger partial charge in [0, 0.05) is 24.4 Å². The summed E-state index contributed by atoms with van der Waals surface area (Å²) in [6.45, 7) is 4.29. The molecule has 0 aliphatic rings. The Morgan fingerprint density at radius 3 is 2.23 bits per heavy atom. The summed E-state index contributed by atoms with van der Waals surface area (Å²) < 4.78 is 31.5. The van der Waals surface area contributed by atoms with E-state index in [9.17, 15) is 13.2 Å². The molecule has 31 heavy (non-hydrogen) atoms. The van der Waals surface area contributed by atoms with Gasteiger partial charge in [-0.2, -0.15) is 0 Å². The van der Waals surface area contributed by atoms with Crippen molar-refractivity contribution < 1.29 is 17.9 Å². The molecule has 0 unspecified atom stereocenters. The fraction of sp³-hybridized carbons (Fsp3) is 0.208. The predicted octanol–water partition coefficient (Wildman–Crippen LogP) is 4.53. The maximum absolute atomic E-state index is 12.5. The molecule has 0 aliphatic carbocycles. The van der Waals surface area contributed by atoms with E-state index in [1.807, 2.05) is 38.1 Å². The lowest BCUT2D eigenvalue weighted by Crippen LogP contribution is -2.25. The lowest BCUT2D eigenvalue weighted by Gasteiger charge is -2.22. The summed E-state index contributed by atoms with van der Waals surface area (Å²) in [4.78, 5) is 12.5. The number of hydrogen-bond donors (Lipinski definition) is 1. The minimum Gasteiger partial charge on any atom is -0.487 e. The molecule has 3 aromatic rings. The van der Waals surface area contributed by atoms with E-state index in [1.54, 1.807) is 42.5 Å². The number of ether oxygens (including phenoxy) is 1. The Bertz CT molecular complexity index is 1170. The molecule has 3 aromatic carbocycles. The van der Waals surface area contributed by atoms with Crippen LogP contribution >= 0.6 is 0 Å². The fourth-order valence-electron chi connectivity index (χ4n) is 3.17. The molecule has 0 aliphatic heterocycles. The SMILES string of the molecule is Cc1cccc(C)c1COc1cc(NC(=O)c2ccccc2)ccc1N(C)S(C)(=O)=O. The van der Waals surface area contributed by atoms with Gasteiger partial charge in [0.1, 0.15) is 12.4 Å². The predicted molar refractivity (Wildman–Crippen MR) is 124 cm³/mol. The van der Waals surface area contributed by atoms with Crippen LogP contribution in [0.2, 0.25) is 0 Å². The van der Waals surface area contributed by atoms with E-state index in [2.05, 4.69) is 5.32 Å². The number of carbonyl (C=O) groups is 1. The molecule has 0 spiro atoms. The van der Waals surface area contributed by atoms with Crippen LogP contribution in [0.3, 0.4) is 0 Å². The van der Waals surface area contributed by atoms with Gasteiger partial charge in [0.15, 0.2) is 0 Å². The molecule has 1 amide bonds. The van der Waals surface area contributed by atoms with E-state index < -0.39 is 10.0 Å². The van der Waals surface area contributed by atoms with Crippen LogP contribution in [0.4, 0.5) is 11.4 Å². The maximum Gasteiger partial charge on any atom is 0.255 e. The maximum atomic E-state index is 12.5. The third kappa shape index (κ3) is 5.44. The van der Waals surface area contributed by atoms with Crippen molar-refractivity contribution in [1.29, 1.82) is 0 Å². The number of nitrogens with zero attached hydrogens (tertiary/aromatic N) is 1. The summed E-state index contributed by atoms with van der Waals surface area (Å²) in [5.41, 5.74) is 4.65. The van der Waals surface area contributed by atoms with E-state index in [0.717, 1.165) is 27.3 Å². The molecular formula is C24H26N2O4S. The average molecular weight is 439 g/mol. The van der Waals surface area contributed by atoms with Crippen LogP contribution in [0.25, 0.3) is 0 Å². The molecule has 1 N–H and O–H groups in total. The molecule has 6 nitrogen and oxygen atoms in total. The summed E-state index contributed by atoms with van der Waals surface area (Å²) >= 11 is 0. The molecule has 3 rings (SSSR count). The molecule has 0 heterocycles. The number of carbonyl (C=O) groups excluding carboxylic acids is 1. The molecule has 0 saturated heterocycles. The first-order chi connectivity index (χ1) is 14.7. The van der Waals surface area contributed by atoms with Crippen molar-refractivity contribution in [3.05, 3.63) is 89.0 Å². The minimum absolute atomic E-state index is 0.259. The van der Waals surface area contributed by atoms with Crippen molar-refractivity contribution >= 4 is 27.3 Å². The van der Waals surface area contributed by atoms with E-state index in [0.29, 0.717) is 22.7 Å². The van der Waals surface area contributed by atoms with Crippen LogP contribution < -0.4 is 14.4 Å². The Morgan fingerprint density at radius 1 is 0.968 bits per heavy atom. The highest BCUT2D eigenvalue weighted by molar-refractivity contribution is 7.92. The van der Waals surface area contributed by atoms with Gasteiger partial charge in [-0.05, 0) is 54.8 Å². The normalized spacial score (nSPS) is 11.1. The Kier molecular flexibility index (Phi) is 6.65. The van der Waals surface area contributed by atoms with Gasteiger partial charge >= 0.3 is 0 Å². The van der Waals surface area contributed by atoms with Gasteiger partial charge in [0.25, 0.3) is 5.91 Å². The summed E-state index contributed by atoms with van der Waals surface area (Å²) in [6, 6.07) is 19.8. The monoisotopic (exact) mass is 438 g/mol. The molecule has 162 valence electrons. The second-order valence-electron chi connectivity index (χ2n) is 7.39. The number of anilines is 2. The van der Waals surface area contributed by atoms with Crippen molar-refractivity contribution in [1.82, 2.24) is 0 Å². The number of rotatable bonds is 7. The summed E-state index contributed by atoms with van der Waals surface area (Å²) in [5, 5.41) is 2.84. The van der Waals surface area contributed by atoms with Crippen molar-refractivity contribution in [2.45, 2.75) is 20.5 Å². The number of aryl methyl sites for hydroxylation is 2. The first kappa shape index (κ1) is 22.4. The van der Waals surface area contributed by atoms with Crippen molar-refractivity contribution in [2.24, 2.45) is 0 Å². The highest BCUT2D eigenvalue weighted by Crippen LogP contribution is 2.33. The minimum atomic E-state index is -3.49. The van der Waals surface area contributed by atoms with Gasteiger partial charge in [0.2, 0.25) is 10.0 Å². The van der Waals surface area contributed by atoms with Crippen LogP contribution in [0, 0.1) is 13.8 Å². The zero-order chi connectivity index (χ0) is 22.6. The number of benzene rings is 3. The summed E-state index contributed by atoms with van der Waals surface area (Å²) in [5.74, 6) is 0.104. The molecule has 0 atom stereocenters.